The Hall–Kier alpha value is -1.33. The van der Waals surface area contributed by atoms with E-state index in [0.717, 1.165) is 5.69 Å². The number of anilines is 1. The fourth-order valence-corrected chi connectivity index (χ4v) is 2.04. The van der Waals surface area contributed by atoms with Crippen LogP contribution in [0.3, 0.4) is 0 Å². The van der Waals surface area contributed by atoms with E-state index in [9.17, 15) is 0 Å². The molecule has 0 aliphatic rings. The van der Waals surface area contributed by atoms with Gasteiger partial charge in [0, 0.05) is 18.3 Å². The number of benzene rings is 2. The SMILES string of the molecule is CNc1ccccc1-c1ccccc1P. The molecule has 2 aromatic carbocycles. The zero-order valence-corrected chi connectivity index (χ0v) is 9.85. The van der Waals surface area contributed by atoms with Gasteiger partial charge in [-0.15, -0.1) is 9.24 Å². The summed E-state index contributed by atoms with van der Waals surface area (Å²) in [5, 5.41) is 4.43. The second-order valence-corrected chi connectivity index (χ2v) is 4.00. The third-order valence-electron chi connectivity index (χ3n) is 2.45. The summed E-state index contributed by atoms with van der Waals surface area (Å²) in [6.45, 7) is 0. The van der Waals surface area contributed by atoms with Crippen LogP contribution in [-0.4, -0.2) is 7.05 Å². The van der Waals surface area contributed by atoms with Gasteiger partial charge in [0.15, 0.2) is 0 Å². The zero-order valence-electron chi connectivity index (χ0n) is 8.70. The maximum Gasteiger partial charge on any atom is 0.0417 e. The van der Waals surface area contributed by atoms with Crippen molar-refractivity contribution in [1.29, 1.82) is 0 Å². The first kappa shape index (κ1) is 10.2. The van der Waals surface area contributed by atoms with E-state index in [1.54, 1.807) is 0 Å². The molecule has 1 atom stereocenters. The molecule has 0 saturated carbocycles. The Morgan fingerprint density at radius 1 is 0.867 bits per heavy atom. The lowest BCUT2D eigenvalue weighted by Gasteiger charge is -2.10. The molecule has 0 saturated heterocycles. The zero-order chi connectivity index (χ0) is 10.7. The quantitative estimate of drug-likeness (QED) is 0.759. The highest BCUT2D eigenvalue weighted by Crippen LogP contribution is 2.26. The molecule has 0 fully saturated rings. The van der Waals surface area contributed by atoms with E-state index in [4.69, 9.17) is 0 Å². The van der Waals surface area contributed by atoms with Crippen LogP contribution in [0.15, 0.2) is 48.5 Å². The third kappa shape index (κ3) is 2.03. The second-order valence-electron chi connectivity index (χ2n) is 3.38. The van der Waals surface area contributed by atoms with E-state index in [0.29, 0.717) is 0 Å². The number of hydrogen-bond acceptors (Lipinski definition) is 1. The molecule has 2 heteroatoms. The molecule has 0 amide bonds. The smallest absolute Gasteiger partial charge is 0.0417 e. The van der Waals surface area contributed by atoms with Gasteiger partial charge in [-0.25, -0.2) is 0 Å². The molecule has 0 aliphatic carbocycles. The monoisotopic (exact) mass is 215 g/mol. The summed E-state index contributed by atoms with van der Waals surface area (Å²) < 4.78 is 0. The lowest BCUT2D eigenvalue weighted by atomic mass is 10.0. The van der Waals surface area contributed by atoms with E-state index in [1.165, 1.54) is 16.4 Å². The van der Waals surface area contributed by atoms with Gasteiger partial charge in [0.25, 0.3) is 0 Å². The maximum absolute atomic E-state index is 3.21. The first-order valence-electron chi connectivity index (χ1n) is 4.94. The second kappa shape index (κ2) is 4.46. The molecule has 0 aliphatic heterocycles. The van der Waals surface area contributed by atoms with Gasteiger partial charge >= 0.3 is 0 Å². The van der Waals surface area contributed by atoms with Crippen LogP contribution in [0, 0.1) is 0 Å². The van der Waals surface area contributed by atoms with Crippen molar-refractivity contribution in [2.45, 2.75) is 0 Å². The minimum absolute atomic E-state index is 1.16. The largest absolute Gasteiger partial charge is 0.388 e. The summed E-state index contributed by atoms with van der Waals surface area (Å²) in [7, 11) is 4.72. The normalized spacial score (nSPS) is 10.0. The Morgan fingerprint density at radius 3 is 2.13 bits per heavy atom. The van der Waals surface area contributed by atoms with Gasteiger partial charge in [0.1, 0.15) is 0 Å². The first-order valence-corrected chi connectivity index (χ1v) is 5.52. The molecule has 0 bridgehead atoms. The summed E-state index contributed by atoms with van der Waals surface area (Å²) in [6.07, 6.45) is 0. The summed E-state index contributed by atoms with van der Waals surface area (Å²) in [4.78, 5) is 0. The Bertz CT molecular complexity index is 466. The summed E-state index contributed by atoms with van der Waals surface area (Å²) in [5.74, 6) is 0. The molecule has 2 rings (SSSR count). The van der Waals surface area contributed by atoms with Crippen molar-refractivity contribution in [3.63, 3.8) is 0 Å². The molecule has 0 radical (unpaired) electrons. The standard InChI is InChI=1S/C13H14NP/c1-14-12-8-4-2-6-10(12)11-7-3-5-9-13(11)15/h2-9,14H,15H2,1H3. The first-order chi connectivity index (χ1) is 7.33. The Balaban J connectivity index is 2.59. The van der Waals surface area contributed by atoms with Crippen LogP contribution in [-0.2, 0) is 0 Å². The summed E-state index contributed by atoms with van der Waals surface area (Å²) in [5.41, 5.74) is 3.66. The van der Waals surface area contributed by atoms with Crippen LogP contribution in [0.2, 0.25) is 0 Å². The average molecular weight is 215 g/mol. The van der Waals surface area contributed by atoms with Gasteiger partial charge in [-0.3, -0.25) is 0 Å². The van der Waals surface area contributed by atoms with Gasteiger partial charge in [0.05, 0.1) is 0 Å². The molecule has 76 valence electrons. The van der Waals surface area contributed by atoms with Crippen LogP contribution in [0.4, 0.5) is 5.69 Å². The molecular formula is C13H14NP. The number of nitrogens with one attached hydrogen (secondary N) is 1. The minimum atomic E-state index is 1.16. The van der Waals surface area contributed by atoms with Crippen molar-refractivity contribution in [1.82, 2.24) is 0 Å². The molecule has 1 unspecified atom stereocenters. The van der Waals surface area contributed by atoms with Crippen molar-refractivity contribution in [2.75, 3.05) is 12.4 Å². The van der Waals surface area contributed by atoms with E-state index < -0.39 is 0 Å². The maximum atomic E-state index is 3.21. The van der Waals surface area contributed by atoms with Gasteiger partial charge in [-0.2, -0.15) is 0 Å². The Kier molecular flexibility index (Phi) is 3.03. The molecule has 1 nitrogen and oxygen atoms in total. The van der Waals surface area contributed by atoms with Gasteiger partial charge < -0.3 is 5.32 Å². The predicted octanol–water partition coefficient (Wildman–Crippen LogP) is 2.90. The number of para-hydroxylation sites is 1. The molecule has 15 heavy (non-hydrogen) atoms. The fraction of sp³-hybridized carbons (Fsp3) is 0.0769. The molecule has 2 aromatic rings. The van der Waals surface area contributed by atoms with E-state index in [1.807, 2.05) is 19.2 Å². The van der Waals surface area contributed by atoms with Crippen LogP contribution in [0.5, 0.6) is 0 Å². The van der Waals surface area contributed by atoms with Gasteiger partial charge in [0.2, 0.25) is 0 Å². The van der Waals surface area contributed by atoms with Crippen molar-refractivity contribution >= 4 is 20.2 Å². The third-order valence-corrected chi connectivity index (χ3v) is 2.95. The molecular weight excluding hydrogens is 201 g/mol. The molecule has 0 aromatic heterocycles. The topological polar surface area (TPSA) is 12.0 Å². The molecule has 1 N–H and O–H groups in total. The van der Waals surface area contributed by atoms with Crippen LogP contribution >= 0.6 is 9.24 Å². The molecule has 0 spiro atoms. The van der Waals surface area contributed by atoms with Crippen LogP contribution in [0.25, 0.3) is 11.1 Å². The Morgan fingerprint density at radius 2 is 1.47 bits per heavy atom. The van der Waals surface area contributed by atoms with Crippen molar-refractivity contribution < 1.29 is 0 Å². The summed E-state index contributed by atoms with van der Waals surface area (Å²) in [6, 6.07) is 16.7. The van der Waals surface area contributed by atoms with Crippen molar-refractivity contribution in [3.8, 4) is 11.1 Å². The highest BCUT2D eigenvalue weighted by Gasteiger charge is 2.04. The number of hydrogen-bond donors (Lipinski definition) is 1. The minimum Gasteiger partial charge on any atom is -0.388 e. The fourth-order valence-electron chi connectivity index (χ4n) is 1.68. The highest BCUT2D eigenvalue weighted by molar-refractivity contribution is 7.28. The Labute approximate surface area is 92.7 Å². The van der Waals surface area contributed by atoms with E-state index >= 15 is 0 Å². The van der Waals surface area contributed by atoms with Crippen molar-refractivity contribution in [3.05, 3.63) is 48.5 Å². The summed E-state index contributed by atoms with van der Waals surface area (Å²) >= 11 is 0. The lowest BCUT2D eigenvalue weighted by Crippen LogP contribution is -1.98. The van der Waals surface area contributed by atoms with Gasteiger partial charge in [-0.05, 0) is 16.9 Å². The highest BCUT2D eigenvalue weighted by atomic mass is 31.0. The van der Waals surface area contributed by atoms with Crippen LogP contribution < -0.4 is 10.6 Å². The molecule has 0 heterocycles. The average Bonchev–Trinajstić information content (AvgIpc) is 2.30. The number of rotatable bonds is 2. The van der Waals surface area contributed by atoms with Gasteiger partial charge in [-0.1, -0.05) is 42.5 Å². The van der Waals surface area contributed by atoms with E-state index in [2.05, 4.69) is 51.0 Å². The van der Waals surface area contributed by atoms with Crippen LogP contribution in [0.1, 0.15) is 0 Å². The predicted molar refractivity (Wildman–Crippen MR) is 70.8 cm³/mol. The van der Waals surface area contributed by atoms with Crippen molar-refractivity contribution in [2.24, 2.45) is 0 Å². The van der Waals surface area contributed by atoms with E-state index in [-0.39, 0.29) is 0 Å². The lowest BCUT2D eigenvalue weighted by molar-refractivity contribution is 1.51.